The van der Waals surface area contributed by atoms with Crippen LogP contribution in [-0.4, -0.2) is 21.4 Å². The first-order valence-corrected chi connectivity index (χ1v) is 8.37. The van der Waals surface area contributed by atoms with Crippen LogP contribution in [0.2, 0.25) is 0 Å². The zero-order valence-corrected chi connectivity index (χ0v) is 15.3. The van der Waals surface area contributed by atoms with Gasteiger partial charge in [0.2, 0.25) is 5.69 Å². The topological polar surface area (TPSA) is 63.7 Å². The first kappa shape index (κ1) is 18.2. The van der Waals surface area contributed by atoms with Crippen molar-refractivity contribution in [3.05, 3.63) is 76.9 Å². The van der Waals surface area contributed by atoms with Crippen LogP contribution in [0.15, 0.2) is 48.5 Å². The number of hydrogen-bond acceptors (Lipinski definition) is 2. The van der Waals surface area contributed by atoms with Gasteiger partial charge in [-0.25, -0.2) is 9.64 Å². The minimum absolute atomic E-state index is 0.0603. The number of rotatable bonds is 4. The lowest BCUT2D eigenvalue weighted by molar-refractivity contribution is 0.0687. The number of Topliss-reactive ketones (excluding diaryl/α,β-unsaturated/α-hetero) is 1. The van der Waals surface area contributed by atoms with Gasteiger partial charge in [0.05, 0.1) is 12.3 Å². The van der Waals surface area contributed by atoms with Gasteiger partial charge in [0.1, 0.15) is 5.69 Å². The molecule has 0 aliphatic heterocycles. The number of aryl methyl sites for hydroxylation is 1. The molecular weight excluding hydrogens is 340 g/mol. The van der Waals surface area contributed by atoms with Crippen LogP contribution in [0, 0.1) is 13.5 Å². The van der Waals surface area contributed by atoms with Crippen molar-refractivity contribution >= 4 is 17.4 Å². The molecule has 0 atom stereocenters. The second-order valence-electron chi connectivity index (χ2n) is 6.35. The Balaban J connectivity index is 2.22. The average molecular weight is 358 g/mol. The molecule has 0 amide bonds. The Kier molecular flexibility index (Phi) is 4.66. The Morgan fingerprint density at radius 2 is 1.59 bits per heavy atom. The van der Waals surface area contributed by atoms with Gasteiger partial charge >= 0.3 is 5.97 Å². The highest BCUT2D eigenvalue weighted by atomic mass is 16.4. The van der Waals surface area contributed by atoms with Gasteiger partial charge in [0, 0.05) is 12.6 Å². The molecule has 27 heavy (non-hydrogen) atoms. The molecule has 2 aromatic carbocycles. The molecule has 1 N–H and O–H groups in total. The van der Waals surface area contributed by atoms with Crippen LogP contribution < -0.4 is 0 Å². The number of aromatic nitrogens is 1. The molecule has 1 aromatic heterocycles. The summed E-state index contributed by atoms with van der Waals surface area (Å²) in [5.41, 5.74) is 4.23. The number of aromatic carboxylic acids is 1. The van der Waals surface area contributed by atoms with Crippen molar-refractivity contribution in [2.24, 2.45) is 7.05 Å². The highest BCUT2D eigenvalue weighted by Crippen LogP contribution is 2.40. The predicted molar refractivity (Wildman–Crippen MR) is 104 cm³/mol. The van der Waals surface area contributed by atoms with E-state index in [-0.39, 0.29) is 28.4 Å². The predicted octanol–water partition coefficient (Wildman–Crippen LogP) is 5.12. The summed E-state index contributed by atoms with van der Waals surface area (Å²) in [7, 11) is 1.50. The van der Waals surface area contributed by atoms with Crippen LogP contribution in [0.4, 0.5) is 5.69 Å². The number of hydrogen-bond donors (Lipinski definition) is 1. The van der Waals surface area contributed by atoms with Crippen molar-refractivity contribution in [3.63, 3.8) is 0 Å². The van der Waals surface area contributed by atoms with E-state index in [1.165, 1.54) is 18.5 Å². The van der Waals surface area contributed by atoms with E-state index < -0.39 is 5.97 Å². The third-order valence-corrected chi connectivity index (χ3v) is 4.65. The maximum absolute atomic E-state index is 12.0. The monoisotopic (exact) mass is 358 g/mol. The average Bonchev–Trinajstić information content (AvgIpc) is 2.95. The number of nitrogens with zero attached hydrogens (tertiary/aromatic N) is 2. The van der Waals surface area contributed by atoms with Crippen LogP contribution in [0.25, 0.3) is 27.1 Å². The van der Waals surface area contributed by atoms with Crippen LogP contribution in [-0.2, 0) is 7.05 Å². The third kappa shape index (κ3) is 3.02. The molecule has 0 aliphatic rings. The summed E-state index contributed by atoms with van der Waals surface area (Å²) in [5, 5.41) is 9.66. The number of ketones is 1. The SMILES string of the molecule is [C-]#[N+]c1c(-c2ccc(-c3ccccc3C)cc2)c(C(=O)O)n(C)c1C(C)=O. The lowest BCUT2D eigenvalue weighted by atomic mass is 9.97. The molecule has 0 saturated heterocycles. The molecule has 3 rings (SSSR count). The van der Waals surface area contributed by atoms with Gasteiger partial charge in [0.15, 0.2) is 5.78 Å². The molecule has 134 valence electrons. The van der Waals surface area contributed by atoms with Crippen molar-refractivity contribution in [2.75, 3.05) is 0 Å². The zero-order chi connectivity index (χ0) is 19.7. The molecule has 3 aromatic rings. The number of carboxylic acid groups (broad SMARTS) is 1. The summed E-state index contributed by atoms with van der Waals surface area (Å²) in [6.45, 7) is 10.9. The van der Waals surface area contributed by atoms with E-state index in [9.17, 15) is 14.7 Å². The van der Waals surface area contributed by atoms with E-state index in [0.717, 1.165) is 16.7 Å². The maximum Gasteiger partial charge on any atom is 0.351 e. The Morgan fingerprint density at radius 3 is 2.11 bits per heavy atom. The van der Waals surface area contributed by atoms with E-state index in [1.54, 1.807) is 12.1 Å². The molecular formula is C22H18N2O3. The molecule has 1 heterocycles. The van der Waals surface area contributed by atoms with Gasteiger partial charge in [-0.2, -0.15) is 0 Å². The van der Waals surface area contributed by atoms with E-state index in [2.05, 4.69) is 4.85 Å². The van der Waals surface area contributed by atoms with Gasteiger partial charge < -0.3 is 9.67 Å². The molecule has 0 spiro atoms. The van der Waals surface area contributed by atoms with Gasteiger partial charge in [-0.3, -0.25) is 4.79 Å². The number of carbonyl (C=O) groups excluding carboxylic acids is 1. The van der Waals surface area contributed by atoms with Crippen molar-refractivity contribution in [1.29, 1.82) is 0 Å². The highest BCUT2D eigenvalue weighted by Gasteiger charge is 2.28. The lowest BCUT2D eigenvalue weighted by Crippen LogP contribution is -2.09. The Morgan fingerprint density at radius 1 is 1.00 bits per heavy atom. The molecule has 0 unspecified atom stereocenters. The fourth-order valence-corrected chi connectivity index (χ4v) is 3.42. The van der Waals surface area contributed by atoms with Crippen molar-refractivity contribution < 1.29 is 14.7 Å². The highest BCUT2D eigenvalue weighted by molar-refractivity contribution is 6.09. The molecule has 5 heteroatoms. The summed E-state index contributed by atoms with van der Waals surface area (Å²) in [6, 6.07) is 15.4. The molecule has 5 nitrogen and oxygen atoms in total. The Hall–Kier alpha value is -3.65. The maximum atomic E-state index is 12.0. The first-order valence-electron chi connectivity index (χ1n) is 8.37. The van der Waals surface area contributed by atoms with Gasteiger partial charge in [-0.15, -0.1) is 0 Å². The summed E-state index contributed by atoms with van der Waals surface area (Å²) in [6.07, 6.45) is 0. The largest absolute Gasteiger partial charge is 0.477 e. The zero-order valence-electron chi connectivity index (χ0n) is 15.3. The molecule has 0 fully saturated rings. The van der Waals surface area contributed by atoms with Gasteiger partial charge in [-0.05, 0) is 36.1 Å². The fourth-order valence-electron chi connectivity index (χ4n) is 3.42. The minimum Gasteiger partial charge on any atom is -0.477 e. The summed E-state index contributed by atoms with van der Waals surface area (Å²) < 4.78 is 1.29. The second kappa shape index (κ2) is 6.93. The van der Waals surface area contributed by atoms with Crippen molar-refractivity contribution in [3.8, 4) is 22.3 Å². The van der Waals surface area contributed by atoms with Gasteiger partial charge in [0.25, 0.3) is 0 Å². The Labute approximate surface area is 157 Å². The van der Waals surface area contributed by atoms with E-state index in [4.69, 9.17) is 6.57 Å². The van der Waals surface area contributed by atoms with Crippen LogP contribution in [0.5, 0.6) is 0 Å². The smallest absolute Gasteiger partial charge is 0.351 e. The van der Waals surface area contributed by atoms with Crippen molar-refractivity contribution in [2.45, 2.75) is 13.8 Å². The molecule has 0 aliphatic carbocycles. The summed E-state index contributed by atoms with van der Waals surface area (Å²) in [5.74, 6) is -1.51. The Bertz CT molecular complexity index is 1100. The molecule has 0 radical (unpaired) electrons. The minimum atomic E-state index is -1.17. The second-order valence-corrected chi connectivity index (χ2v) is 6.35. The quantitative estimate of drug-likeness (QED) is 0.520. The third-order valence-electron chi connectivity index (χ3n) is 4.65. The van der Waals surface area contributed by atoms with E-state index in [0.29, 0.717) is 5.56 Å². The lowest BCUT2D eigenvalue weighted by Gasteiger charge is -2.08. The summed E-state index contributed by atoms with van der Waals surface area (Å²) in [4.78, 5) is 27.3. The fraction of sp³-hybridized carbons (Fsp3) is 0.136. The van der Waals surface area contributed by atoms with Crippen LogP contribution in [0.1, 0.15) is 33.5 Å². The van der Waals surface area contributed by atoms with Crippen molar-refractivity contribution in [1.82, 2.24) is 4.57 Å². The molecule has 0 bridgehead atoms. The number of carboxylic acids is 1. The molecule has 0 saturated carbocycles. The summed E-state index contributed by atoms with van der Waals surface area (Å²) >= 11 is 0. The van der Waals surface area contributed by atoms with E-state index in [1.807, 2.05) is 43.3 Å². The van der Waals surface area contributed by atoms with Crippen LogP contribution >= 0.6 is 0 Å². The van der Waals surface area contributed by atoms with Crippen LogP contribution in [0.3, 0.4) is 0 Å². The number of carbonyl (C=O) groups is 2. The first-order chi connectivity index (χ1) is 12.9. The number of benzene rings is 2. The standard InChI is InChI=1S/C22H18N2O3/c1-13-7-5-6-8-17(13)15-9-11-16(12-10-15)18-19(23-3)20(14(2)25)24(4)21(18)22(26)27/h5-12H,1-2,4H3,(H,26,27). The van der Waals surface area contributed by atoms with E-state index >= 15 is 0 Å². The van der Waals surface area contributed by atoms with Gasteiger partial charge in [-0.1, -0.05) is 48.5 Å². The normalized spacial score (nSPS) is 10.4.